The monoisotopic (exact) mass is 487 g/mol. The summed E-state index contributed by atoms with van der Waals surface area (Å²) in [4.78, 5) is 16.9. The molecule has 7 heteroatoms. The molecule has 2 aliphatic heterocycles. The third kappa shape index (κ3) is 3.87. The smallest absolute Gasteiger partial charge is 0.165 e. The molecule has 0 amide bonds. The Hall–Kier alpha value is -4.07. The average molecular weight is 488 g/mol. The largest absolute Gasteiger partial charge is 0.383 e. The van der Waals surface area contributed by atoms with Gasteiger partial charge in [-0.2, -0.15) is 0 Å². The van der Waals surface area contributed by atoms with E-state index in [1.165, 1.54) is 12.0 Å². The predicted molar refractivity (Wildman–Crippen MR) is 147 cm³/mol. The number of hydrogen-bond donors (Lipinski definition) is 2. The maximum Gasteiger partial charge on any atom is 0.165 e. The molecule has 1 aliphatic carbocycles. The number of rotatable bonds is 5. The number of anilines is 1. The van der Waals surface area contributed by atoms with E-state index in [-0.39, 0.29) is 0 Å². The van der Waals surface area contributed by atoms with Crippen molar-refractivity contribution < 1.29 is 0 Å². The molecule has 7 nitrogen and oxygen atoms in total. The Morgan fingerprint density at radius 2 is 1.62 bits per heavy atom. The molecular weight excluding hydrogens is 458 g/mol. The molecule has 3 aliphatic rings. The van der Waals surface area contributed by atoms with E-state index < -0.39 is 0 Å². The second kappa shape index (κ2) is 8.80. The van der Waals surface area contributed by atoms with Crippen molar-refractivity contribution in [3.8, 4) is 28.3 Å². The van der Waals surface area contributed by atoms with Gasteiger partial charge >= 0.3 is 0 Å². The van der Waals surface area contributed by atoms with Crippen LogP contribution >= 0.6 is 0 Å². The molecule has 2 bridgehead atoms. The summed E-state index contributed by atoms with van der Waals surface area (Å²) in [5.74, 6) is 2.50. The van der Waals surface area contributed by atoms with Gasteiger partial charge in [-0.25, -0.2) is 15.0 Å². The molecule has 5 heterocycles. The van der Waals surface area contributed by atoms with Crippen LogP contribution in [0, 0.1) is 11.8 Å². The van der Waals surface area contributed by atoms with Crippen LogP contribution in [0.4, 0.5) is 5.82 Å². The zero-order valence-corrected chi connectivity index (χ0v) is 20.5. The van der Waals surface area contributed by atoms with Gasteiger partial charge in [0, 0.05) is 43.1 Å². The number of imidazole rings is 1. The van der Waals surface area contributed by atoms with Crippen LogP contribution in [-0.2, 0) is 6.54 Å². The van der Waals surface area contributed by atoms with Crippen molar-refractivity contribution >= 4 is 17.0 Å². The summed E-state index contributed by atoms with van der Waals surface area (Å²) in [6.07, 6.45) is 2.99. The van der Waals surface area contributed by atoms with Gasteiger partial charge in [0.1, 0.15) is 11.3 Å². The third-order valence-corrected chi connectivity index (χ3v) is 7.93. The second-order valence-corrected chi connectivity index (χ2v) is 10.3. The Morgan fingerprint density at radius 1 is 0.838 bits per heavy atom. The first-order chi connectivity index (χ1) is 18.1. The first-order valence-corrected chi connectivity index (χ1v) is 12.9. The molecule has 2 unspecified atom stereocenters. The first kappa shape index (κ1) is 22.2. The Balaban J connectivity index is 1.29. The van der Waals surface area contributed by atoms with Crippen molar-refractivity contribution in [1.82, 2.24) is 24.4 Å². The fraction of sp³-hybridized carbons (Fsp3) is 0.233. The van der Waals surface area contributed by atoms with Crippen molar-refractivity contribution in [1.29, 1.82) is 0 Å². The number of hydrogen-bond acceptors (Lipinski definition) is 6. The summed E-state index contributed by atoms with van der Waals surface area (Å²) in [5.41, 5.74) is 19.2. The van der Waals surface area contributed by atoms with E-state index in [9.17, 15) is 0 Å². The first-order valence-electron chi connectivity index (χ1n) is 12.9. The van der Waals surface area contributed by atoms with E-state index in [0.29, 0.717) is 23.7 Å². The standard InChI is InChI=1S/C30H29N7/c31-27-21-15-22(27)18-36(17-21)16-19-8-10-23(11-9-19)37-29(24-7-4-14-33-28(24)32)35-26-13-12-25(34-30(26)37)20-5-2-1-3-6-20/h1-14,21-22,27H,15-18,31H2,(H2,32,33). The van der Waals surface area contributed by atoms with Crippen LogP contribution in [0.2, 0.25) is 0 Å². The fourth-order valence-corrected chi connectivity index (χ4v) is 5.92. The summed E-state index contributed by atoms with van der Waals surface area (Å²) in [6, 6.07) is 27.2. The Morgan fingerprint density at radius 3 is 2.35 bits per heavy atom. The minimum absolute atomic E-state index is 0.403. The molecule has 3 fully saturated rings. The van der Waals surface area contributed by atoms with Gasteiger partial charge in [-0.1, -0.05) is 42.5 Å². The van der Waals surface area contributed by atoms with E-state index in [2.05, 4.69) is 50.8 Å². The number of nitrogens with two attached hydrogens (primary N) is 2. The molecule has 37 heavy (non-hydrogen) atoms. The van der Waals surface area contributed by atoms with Crippen molar-refractivity contribution in [2.45, 2.75) is 19.0 Å². The van der Waals surface area contributed by atoms with Gasteiger partial charge < -0.3 is 11.5 Å². The molecule has 4 N–H and O–H groups in total. The maximum absolute atomic E-state index is 6.30. The minimum Gasteiger partial charge on any atom is -0.383 e. The number of aromatic nitrogens is 4. The van der Waals surface area contributed by atoms with Gasteiger partial charge in [-0.05, 0) is 60.2 Å². The molecule has 1 saturated carbocycles. The van der Waals surface area contributed by atoms with Gasteiger partial charge in [-0.15, -0.1) is 0 Å². The molecule has 8 rings (SSSR count). The van der Waals surface area contributed by atoms with E-state index >= 15 is 0 Å². The quantitative estimate of drug-likeness (QED) is 0.378. The highest BCUT2D eigenvalue weighted by Crippen LogP contribution is 2.39. The molecule has 2 atom stereocenters. The normalized spacial score (nSPS) is 21.2. The Bertz CT molecular complexity index is 1560. The van der Waals surface area contributed by atoms with Crippen LogP contribution in [0.5, 0.6) is 0 Å². The van der Waals surface area contributed by atoms with Crippen LogP contribution in [0.25, 0.3) is 39.5 Å². The number of pyridine rings is 2. The van der Waals surface area contributed by atoms with E-state index in [4.69, 9.17) is 21.4 Å². The van der Waals surface area contributed by atoms with Crippen molar-refractivity contribution in [2.75, 3.05) is 18.8 Å². The molecular formula is C30H29N7. The van der Waals surface area contributed by atoms with E-state index in [1.54, 1.807) is 6.20 Å². The molecule has 2 aromatic carbocycles. The molecule has 2 saturated heterocycles. The highest BCUT2D eigenvalue weighted by molar-refractivity contribution is 5.84. The fourth-order valence-electron chi connectivity index (χ4n) is 5.92. The zero-order chi connectivity index (χ0) is 24.9. The zero-order valence-electron chi connectivity index (χ0n) is 20.5. The lowest BCUT2D eigenvalue weighted by atomic mass is 9.67. The average Bonchev–Trinajstić information content (AvgIpc) is 3.32. The second-order valence-electron chi connectivity index (χ2n) is 10.3. The Kier molecular flexibility index (Phi) is 5.27. The summed E-state index contributed by atoms with van der Waals surface area (Å²) in [5, 5.41) is 0. The lowest BCUT2D eigenvalue weighted by Gasteiger charge is -2.52. The number of piperidine rings is 2. The van der Waals surface area contributed by atoms with Crippen LogP contribution < -0.4 is 11.5 Å². The van der Waals surface area contributed by atoms with E-state index in [1.807, 2.05) is 42.5 Å². The van der Waals surface area contributed by atoms with Crippen LogP contribution in [0.1, 0.15) is 12.0 Å². The van der Waals surface area contributed by atoms with Gasteiger partial charge in [0.05, 0.1) is 11.3 Å². The topological polar surface area (TPSA) is 98.9 Å². The summed E-state index contributed by atoms with van der Waals surface area (Å²) in [6.45, 7) is 3.15. The van der Waals surface area contributed by atoms with Crippen LogP contribution in [0.3, 0.4) is 0 Å². The van der Waals surface area contributed by atoms with Gasteiger partial charge in [0.2, 0.25) is 0 Å². The summed E-state index contributed by atoms with van der Waals surface area (Å²) < 4.78 is 2.09. The number of nitrogens with zero attached hydrogens (tertiary/aromatic N) is 5. The third-order valence-electron chi connectivity index (χ3n) is 7.93. The van der Waals surface area contributed by atoms with Crippen molar-refractivity contribution in [3.05, 3.63) is 90.6 Å². The molecule has 184 valence electrons. The SMILES string of the molecule is Nc1ncccc1-c1nc2ccc(-c3ccccc3)nc2n1-c1ccc(CN2CC3CC(C2)C3N)cc1. The summed E-state index contributed by atoms with van der Waals surface area (Å²) in [7, 11) is 0. The van der Waals surface area contributed by atoms with Crippen LogP contribution in [0.15, 0.2) is 85.1 Å². The number of fused-ring (bicyclic) bond motifs is 3. The molecule has 5 aromatic rings. The van der Waals surface area contributed by atoms with Crippen LogP contribution in [-0.4, -0.2) is 43.6 Å². The highest BCUT2D eigenvalue weighted by Gasteiger charge is 2.44. The lowest BCUT2D eigenvalue weighted by molar-refractivity contribution is -0.00139. The molecule has 3 aromatic heterocycles. The van der Waals surface area contributed by atoms with Crippen molar-refractivity contribution in [2.24, 2.45) is 17.6 Å². The number of benzene rings is 2. The van der Waals surface area contributed by atoms with Gasteiger partial charge in [0.15, 0.2) is 11.5 Å². The highest BCUT2D eigenvalue weighted by atomic mass is 15.2. The van der Waals surface area contributed by atoms with Gasteiger partial charge in [-0.3, -0.25) is 9.47 Å². The van der Waals surface area contributed by atoms with Gasteiger partial charge in [0.25, 0.3) is 0 Å². The van der Waals surface area contributed by atoms with E-state index in [0.717, 1.165) is 59.1 Å². The number of nitrogen functional groups attached to an aromatic ring is 1. The maximum atomic E-state index is 6.30. The van der Waals surface area contributed by atoms with Crippen molar-refractivity contribution in [3.63, 3.8) is 0 Å². The predicted octanol–water partition coefficient (Wildman–Crippen LogP) is 4.51. The molecule has 0 spiro atoms. The Labute approximate surface area is 215 Å². The molecule has 0 radical (unpaired) electrons. The minimum atomic E-state index is 0.403. The summed E-state index contributed by atoms with van der Waals surface area (Å²) >= 11 is 0. The lowest BCUT2D eigenvalue weighted by Crippen LogP contribution is -2.61.